The number of azo groups is 1. The predicted octanol–water partition coefficient (Wildman–Crippen LogP) is 4.02. The highest BCUT2D eigenvalue weighted by atomic mass is 32.1. The van der Waals surface area contributed by atoms with Crippen molar-refractivity contribution in [3.8, 4) is 0 Å². The highest BCUT2D eigenvalue weighted by Gasteiger charge is 2.11. The summed E-state index contributed by atoms with van der Waals surface area (Å²) in [6, 6.07) is 9.52. The van der Waals surface area contributed by atoms with E-state index in [2.05, 4.69) is 20.2 Å². The van der Waals surface area contributed by atoms with Crippen LogP contribution in [0.4, 0.5) is 11.4 Å². The van der Waals surface area contributed by atoms with Gasteiger partial charge in [-0.15, -0.1) is 5.11 Å². The minimum Gasteiger partial charge on any atom is -0.297 e. The van der Waals surface area contributed by atoms with Gasteiger partial charge in [0, 0.05) is 0 Å². The minimum absolute atomic E-state index is 0.104. The molecule has 1 N–H and O–H groups in total. The van der Waals surface area contributed by atoms with E-state index in [1.54, 1.807) is 0 Å². The van der Waals surface area contributed by atoms with Crippen LogP contribution in [0.2, 0.25) is 0 Å². The number of H-pyrrole nitrogens is 1. The van der Waals surface area contributed by atoms with Crippen LogP contribution in [0.3, 0.4) is 0 Å². The summed E-state index contributed by atoms with van der Waals surface area (Å²) in [4.78, 5) is 18.4. The number of fused-ring (bicyclic) bond motifs is 1. The van der Waals surface area contributed by atoms with Crippen LogP contribution in [-0.4, -0.2) is 9.97 Å². The number of nitrogens with zero attached hydrogens (tertiary/aromatic N) is 3. The Labute approximate surface area is 119 Å². The van der Waals surface area contributed by atoms with E-state index in [1.165, 1.54) is 0 Å². The number of aryl methyl sites for hydroxylation is 2. The lowest BCUT2D eigenvalue weighted by molar-refractivity contribution is 1.13. The standard InChI is InChI=1S/C14H12N4OS/c1-8-11(18-17-10-6-4-3-5-7-10)9(2)15-13-12(8)20-14(19)16-13/h3-7H,1-2H3,(H,15,16,19). The molecule has 6 heteroatoms. The third-order valence-electron chi connectivity index (χ3n) is 2.97. The quantitative estimate of drug-likeness (QED) is 0.722. The fourth-order valence-corrected chi connectivity index (χ4v) is 2.78. The number of benzene rings is 1. The van der Waals surface area contributed by atoms with Gasteiger partial charge in [-0.2, -0.15) is 5.11 Å². The molecule has 2 aromatic heterocycles. The Kier molecular flexibility index (Phi) is 3.15. The number of aromatic amines is 1. The summed E-state index contributed by atoms with van der Waals surface area (Å²) >= 11 is 1.15. The van der Waals surface area contributed by atoms with Gasteiger partial charge in [-0.05, 0) is 31.5 Å². The molecule has 100 valence electrons. The lowest BCUT2D eigenvalue weighted by Gasteiger charge is -2.03. The molecule has 0 bridgehead atoms. The molecule has 20 heavy (non-hydrogen) atoms. The molecule has 0 radical (unpaired) electrons. The van der Waals surface area contributed by atoms with Gasteiger partial charge in [0.25, 0.3) is 0 Å². The highest BCUT2D eigenvalue weighted by molar-refractivity contribution is 7.16. The number of pyridine rings is 1. The van der Waals surface area contributed by atoms with Crippen molar-refractivity contribution in [2.45, 2.75) is 13.8 Å². The zero-order chi connectivity index (χ0) is 14.1. The van der Waals surface area contributed by atoms with E-state index in [0.29, 0.717) is 5.65 Å². The number of hydrogen-bond donors (Lipinski definition) is 1. The summed E-state index contributed by atoms with van der Waals surface area (Å²) in [5, 5.41) is 8.50. The summed E-state index contributed by atoms with van der Waals surface area (Å²) in [6.07, 6.45) is 0. The molecule has 0 amide bonds. The van der Waals surface area contributed by atoms with Gasteiger partial charge >= 0.3 is 4.87 Å². The van der Waals surface area contributed by atoms with Crippen LogP contribution in [-0.2, 0) is 0 Å². The average molecular weight is 284 g/mol. The summed E-state index contributed by atoms with van der Waals surface area (Å²) in [7, 11) is 0. The van der Waals surface area contributed by atoms with Crippen LogP contribution in [0.5, 0.6) is 0 Å². The lowest BCUT2D eigenvalue weighted by Crippen LogP contribution is -1.92. The first-order valence-electron chi connectivity index (χ1n) is 6.12. The van der Waals surface area contributed by atoms with Crippen molar-refractivity contribution in [2.75, 3.05) is 0 Å². The third-order valence-corrected chi connectivity index (χ3v) is 3.96. The second kappa shape index (κ2) is 4.97. The van der Waals surface area contributed by atoms with Gasteiger partial charge in [0.05, 0.1) is 16.1 Å². The van der Waals surface area contributed by atoms with Gasteiger partial charge in [0.1, 0.15) is 5.69 Å². The van der Waals surface area contributed by atoms with Crippen molar-refractivity contribution in [3.05, 3.63) is 51.3 Å². The second-order valence-corrected chi connectivity index (χ2v) is 5.38. The molecule has 1 aromatic carbocycles. The molecule has 0 aliphatic carbocycles. The lowest BCUT2D eigenvalue weighted by atomic mass is 10.2. The summed E-state index contributed by atoms with van der Waals surface area (Å²) < 4.78 is 0.836. The fourth-order valence-electron chi connectivity index (χ4n) is 2.00. The first kappa shape index (κ1) is 12.7. The van der Waals surface area contributed by atoms with E-state index < -0.39 is 0 Å². The van der Waals surface area contributed by atoms with E-state index in [1.807, 2.05) is 44.2 Å². The highest BCUT2D eigenvalue weighted by Crippen LogP contribution is 2.31. The van der Waals surface area contributed by atoms with Gasteiger partial charge < -0.3 is 0 Å². The molecule has 0 unspecified atom stereocenters. The van der Waals surface area contributed by atoms with Crippen LogP contribution < -0.4 is 4.87 Å². The molecule has 0 fully saturated rings. The normalized spacial score (nSPS) is 11.5. The molecule has 0 aliphatic rings. The zero-order valence-corrected chi connectivity index (χ0v) is 11.9. The van der Waals surface area contributed by atoms with Crippen molar-refractivity contribution >= 4 is 33.1 Å². The maximum absolute atomic E-state index is 11.4. The Bertz CT molecular complexity index is 849. The van der Waals surface area contributed by atoms with Gasteiger partial charge in [0.2, 0.25) is 0 Å². The van der Waals surface area contributed by atoms with Gasteiger partial charge in [-0.1, -0.05) is 29.5 Å². The zero-order valence-electron chi connectivity index (χ0n) is 11.0. The minimum atomic E-state index is -0.104. The topological polar surface area (TPSA) is 70.5 Å². The Hall–Kier alpha value is -2.34. The van der Waals surface area contributed by atoms with Crippen LogP contribution in [0.25, 0.3) is 10.3 Å². The van der Waals surface area contributed by atoms with Crippen LogP contribution >= 0.6 is 11.3 Å². The Balaban J connectivity index is 2.12. The third kappa shape index (κ3) is 2.25. The number of thiazole rings is 1. The van der Waals surface area contributed by atoms with E-state index >= 15 is 0 Å². The molecule has 0 saturated carbocycles. The molecule has 5 nitrogen and oxygen atoms in total. The van der Waals surface area contributed by atoms with Gasteiger partial charge in [-0.3, -0.25) is 9.78 Å². The van der Waals surface area contributed by atoms with Crippen molar-refractivity contribution in [3.63, 3.8) is 0 Å². The summed E-state index contributed by atoms with van der Waals surface area (Å²) in [5.74, 6) is 0. The molecular formula is C14H12N4OS. The maximum Gasteiger partial charge on any atom is 0.306 e. The van der Waals surface area contributed by atoms with Gasteiger partial charge in [0.15, 0.2) is 5.65 Å². The van der Waals surface area contributed by atoms with Crippen LogP contribution in [0.1, 0.15) is 11.3 Å². The van der Waals surface area contributed by atoms with E-state index in [-0.39, 0.29) is 4.87 Å². The molecular weight excluding hydrogens is 272 g/mol. The number of nitrogens with one attached hydrogen (secondary N) is 1. The molecule has 0 aliphatic heterocycles. The van der Waals surface area contributed by atoms with E-state index in [0.717, 1.165) is 38.7 Å². The van der Waals surface area contributed by atoms with E-state index in [9.17, 15) is 4.79 Å². The SMILES string of the molecule is Cc1nc2[nH]c(=O)sc2c(C)c1N=Nc1ccccc1. The van der Waals surface area contributed by atoms with Crippen LogP contribution in [0, 0.1) is 13.8 Å². The maximum atomic E-state index is 11.4. The Morgan fingerprint density at radius 1 is 1.15 bits per heavy atom. The molecule has 3 rings (SSSR count). The van der Waals surface area contributed by atoms with Gasteiger partial charge in [-0.25, -0.2) is 4.98 Å². The largest absolute Gasteiger partial charge is 0.306 e. The summed E-state index contributed by atoms with van der Waals surface area (Å²) in [5.41, 5.74) is 3.80. The molecule has 0 spiro atoms. The second-order valence-electron chi connectivity index (χ2n) is 4.40. The molecule has 3 aromatic rings. The molecule has 0 atom stereocenters. The first-order valence-corrected chi connectivity index (χ1v) is 6.93. The smallest absolute Gasteiger partial charge is 0.297 e. The fraction of sp³-hybridized carbons (Fsp3) is 0.143. The number of hydrogen-bond acceptors (Lipinski definition) is 5. The number of aromatic nitrogens is 2. The Morgan fingerprint density at radius 3 is 2.65 bits per heavy atom. The monoisotopic (exact) mass is 284 g/mol. The average Bonchev–Trinajstić information content (AvgIpc) is 2.80. The number of rotatable bonds is 2. The van der Waals surface area contributed by atoms with Crippen molar-refractivity contribution in [2.24, 2.45) is 10.2 Å². The Morgan fingerprint density at radius 2 is 1.90 bits per heavy atom. The predicted molar refractivity (Wildman–Crippen MR) is 80.3 cm³/mol. The van der Waals surface area contributed by atoms with Crippen molar-refractivity contribution < 1.29 is 0 Å². The van der Waals surface area contributed by atoms with Crippen LogP contribution in [0.15, 0.2) is 45.4 Å². The molecule has 2 heterocycles. The van der Waals surface area contributed by atoms with Crippen molar-refractivity contribution in [1.82, 2.24) is 9.97 Å². The first-order chi connectivity index (χ1) is 9.65. The molecule has 0 saturated heterocycles. The van der Waals surface area contributed by atoms with E-state index in [4.69, 9.17) is 0 Å². The van der Waals surface area contributed by atoms with Crippen molar-refractivity contribution in [1.29, 1.82) is 0 Å². The summed E-state index contributed by atoms with van der Waals surface area (Å²) in [6.45, 7) is 3.79.